The Bertz CT molecular complexity index is 1550. The van der Waals surface area contributed by atoms with Gasteiger partial charge < -0.3 is 10.1 Å². The number of para-hydroxylation sites is 1. The van der Waals surface area contributed by atoms with Crippen molar-refractivity contribution in [1.29, 1.82) is 0 Å². The summed E-state index contributed by atoms with van der Waals surface area (Å²) in [7, 11) is -4.08. The fourth-order valence-electron chi connectivity index (χ4n) is 2.94. The van der Waals surface area contributed by atoms with Crippen LogP contribution >= 0.6 is 50.7 Å². The van der Waals surface area contributed by atoms with Crippen LogP contribution in [0, 0.1) is 0 Å². The molecule has 1 heterocycles. The Morgan fingerprint density at radius 3 is 2.39 bits per heavy atom. The maximum atomic E-state index is 13.0. The number of ether oxygens (including phenoxy) is 1. The average molecular weight is 629 g/mol. The molecule has 0 bridgehead atoms. The third kappa shape index (κ3) is 6.26. The van der Waals surface area contributed by atoms with Crippen molar-refractivity contribution < 1.29 is 17.9 Å². The van der Waals surface area contributed by atoms with Crippen LogP contribution in [-0.2, 0) is 10.0 Å². The SMILES string of the molecule is O=C(Nc1ncc(Br)nc1Cl)c1cc(Cl)ccc1NS(=O)(=O)c1ccc(Oc2ccccc2Cl)cc1. The largest absolute Gasteiger partial charge is 0.456 e. The maximum Gasteiger partial charge on any atom is 0.261 e. The zero-order valence-corrected chi connectivity index (χ0v) is 22.5. The van der Waals surface area contributed by atoms with E-state index in [1.165, 1.54) is 48.7 Å². The number of rotatable bonds is 7. The molecule has 0 aliphatic heterocycles. The number of hydrogen-bond donors (Lipinski definition) is 2. The molecule has 0 aliphatic carbocycles. The van der Waals surface area contributed by atoms with Crippen molar-refractivity contribution in [3.8, 4) is 11.5 Å². The van der Waals surface area contributed by atoms with Gasteiger partial charge in [-0.05, 0) is 70.5 Å². The van der Waals surface area contributed by atoms with E-state index in [-0.39, 0.29) is 32.1 Å². The van der Waals surface area contributed by atoms with Gasteiger partial charge in [0.2, 0.25) is 0 Å². The minimum atomic E-state index is -4.08. The number of nitrogens with zero attached hydrogens (tertiary/aromatic N) is 2. The van der Waals surface area contributed by atoms with Gasteiger partial charge in [0.25, 0.3) is 15.9 Å². The van der Waals surface area contributed by atoms with E-state index in [4.69, 9.17) is 39.5 Å². The molecule has 0 spiro atoms. The summed E-state index contributed by atoms with van der Waals surface area (Å²) in [6.07, 6.45) is 1.35. The average Bonchev–Trinajstić information content (AvgIpc) is 2.83. The predicted octanol–water partition coefficient (Wildman–Crippen LogP) is 7.04. The molecule has 1 aromatic heterocycles. The van der Waals surface area contributed by atoms with E-state index in [2.05, 4.69) is 35.9 Å². The van der Waals surface area contributed by atoms with Gasteiger partial charge in [-0.2, -0.15) is 0 Å². The first-order chi connectivity index (χ1) is 17.1. The van der Waals surface area contributed by atoms with Crippen molar-refractivity contribution in [2.75, 3.05) is 10.0 Å². The number of sulfonamides is 1. The number of amides is 1. The third-order valence-electron chi connectivity index (χ3n) is 4.60. The van der Waals surface area contributed by atoms with Crippen LogP contribution in [0.25, 0.3) is 0 Å². The molecule has 4 rings (SSSR count). The van der Waals surface area contributed by atoms with Crippen LogP contribution in [0.5, 0.6) is 11.5 Å². The van der Waals surface area contributed by atoms with E-state index in [1.54, 1.807) is 24.3 Å². The summed E-state index contributed by atoms with van der Waals surface area (Å²) in [5.41, 5.74) is -0.0555. The van der Waals surface area contributed by atoms with Crippen molar-refractivity contribution in [3.05, 3.63) is 98.3 Å². The van der Waals surface area contributed by atoms with E-state index in [0.717, 1.165) is 0 Å². The molecule has 8 nitrogen and oxygen atoms in total. The lowest BCUT2D eigenvalue weighted by Crippen LogP contribution is -2.19. The third-order valence-corrected chi connectivity index (χ3v) is 7.18. The van der Waals surface area contributed by atoms with E-state index >= 15 is 0 Å². The van der Waals surface area contributed by atoms with Gasteiger partial charge in [0.1, 0.15) is 16.1 Å². The van der Waals surface area contributed by atoms with Crippen LogP contribution in [0.4, 0.5) is 11.5 Å². The van der Waals surface area contributed by atoms with Gasteiger partial charge in [-0.1, -0.05) is 46.9 Å². The second-order valence-electron chi connectivity index (χ2n) is 7.09. The van der Waals surface area contributed by atoms with E-state index in [9.17, 15) is 13.2 Å². The Hall–Kier alpha value is -2.89. The smallest absolute Gasteiger partial charge is 0.261 e. The second-order valence-corrected chi connectivity index (χ2v) is 10.8. The summed E-state index contributed by atoms with van der Waals surface area (Å²) in [6.45, 7) is 0. The number of aromatic nitrogens is 2. The Morgan fingerprint density at radius 2 is 1.69 bits per heavy atom. The number of anilines is 2. The molecule has 0 atom stereocenters. The summed E-state index contributed by atoms with van der Waals surface area (Å²) >= 11 is 21.3. The van der Waals surface area contributed by atoms with Gasteiger partial charge in [0.15, 0.2) is 11.0 Å². The number of benzene rings is 3. The molecule has 0 saturated heterocycles. The van der Waals surface area contributed by atoms with Gasteiger partial charge in [0, 0.05) is 5.02 Å². The molecule has 184 valence electrons. The van der Waals surface area contributed by atoms with Crippen LogP contribution in [0.3, 0.4) is 0 Å². The molecular weight excluding hydrogens is 615 g/mol. The van der Waals surface area contributed by atoms with Crippen molar-refractivity contribution >= 4 is 78.2 Å². The van der Waals surface area contributed by atoms with Crippen molar-refractivity contribution in [2.24, 2.45) is 0 Å². The van der Waals surface area contributed by atoms with E-state index < -0.39 is 15.9 Å². The monoisotopic (exact) mass is 626 g/mol. The van der Waals surface area contributed by atoms with Gasteiger partial charge >= 0.3 is 0 Å². The molecular formula is C23H14BrCl3N4O4S. The molecule has 0 radical (unpaired) electrons. The van der Waals surface area contributed by atoms with Crippen molar-refractivity contribution in [3.63, 3.8) is 0 Å². The van der Waals surface area contributed by atoms with E-state index in [1.807, 2.05) is 0 Å². The van der Waals surface area contributed by atoms with Crippen LogP contribution < -0.4 is 14.8 Å². The fraction of sp³-hybridized carbons (Fsp3) is 0. The maximum absolute atomic E-state index is 13.0. The zero-order valence-electron chi connectivity index (χ0n) is 17.9. The lowest BCUT2D eigenvalue weighted by molar-refractivity contribution is 0.102. The molecule has 4 aromatic rings. The Balaban J connectivity index is 1.56. The quantitative estimate of drug-likeness (QED) is 0.227. The zero-order chi connectivity index (χ0) is 25.9. The van der Waals surface area contributed by atoms with Crippen LogP contribution in [-0.4, -0.2) is 24.3 Å². The fourth-order valence-corrected chi connectivity index (χ4v) is 4.94. The highest BCUT2D eigenvalue weighted by atomic mass is 79.9. The minimum absolute atomic E-state index is 0.00510. The molecule has 36 heavy (non-hydrogen) atoms. The summed E-state index contributed by atoms with van der Waals surface area (Å²) in [6, 6.07) is 16.7. The lowest BCUT2D eigenvalue weighted by atomic mass is 10.1. The second kappa shape index (κ2) is 11.0. The van der Waals surface area contributed by atoms with Gasteiger partial charge in [-0.25, -0.2) is 18.4 Å². The van der Waals surface area contributed by atoms with Gasteiger partial charge in [-0.3, -0.25) is 9.52 Å². The van der Waals surface area contributed by atoms with Crippen molar-refractivity contribution in [2.45, 2.75) is 4.90 Å². The summed E-state index contributed by atoms with van der Waals surface area (Å²) in [4.78, 5) is 20.8. The van der Waals surface area contributed by atoms with Gasteiger partial charge in [-0.15, -0.1) is 0 Å². The Labute approximate surface area is 229 Å². The molecule has 0 aliphatic rings. The highest BCUT2D eigenvalue weighted by Gasteiger charge is 2.21. The highest BCUT2D eigenvalue weighted by molar-refractivity contribution is 9.10. The summed E-state index contributed by atoms with van der Waals surface area (Å²) in [5.74, 6) is 0.117. The van der Waals surface area contributed by atoms with E-state index in [0.29, 0.717) is 21.1 Å². The Kier molecular flexibility index (Phi) is 8.01. The first kappa shape index (κ1) is 26.2. The summed E-state index contributed by atoms with van der Waals surface area (Å²) in [5, 5.41) is 3.08. The first-order valence-electron chi connectivity index (χ1n) is 9.96. The predicted molar refractivity (Wildman–Crippen MR) is 143 cm³/mol. The molecule has 2 N–H and O–H groups in total. The van der Waals surface area contributed by atoms with Gasteiger partial charge in [0.05, 0.1) is 27.4 Å². The standard InChI is InChI=1S/C23H14BrCl3N4O4S/c24-20-12-28-22(21(27)29-20)30-23(32)16-11-13(25)5-10-18(16)31-36(33,34)15-8-6-14(7-9-15)35-19-4-2-1-3-17(19)26/h1-12,31H,(H,28,30,32). The van der Waals surface area contributed by atoms with Crippen LogP contribution in [0.1, 0.15) is 10.4 Å². The lowest BCUT2D eigenvalue weighted by Gasteiger charge is -2.14. The molecule has 1 amide bonds. The molecule has 13 heteroatoms. The number of halogens is 4. The molecule has 0 unspecified atom stereocenters. The Morgan fingerprint density at radius 1 is 0.972 bits per heavy atom. The number of nitrogens with one attached hydrogen (secondary N) is 2. The molecule has 0 saturated carbocycles. The highest BCUT2D eigenvalue weighted by Crippen LogP contribution is 2.30. The van der Waals surface area contributed by atoms with Crippen LogP contribution in [0.2, 0.25) is 15.2 Å². The topological polar surface area (TPSA) is 110 Å². The molecule has 0 fully saturated rings. The first-order valence-corrected chi connectivity index (χ1v) is 13.4. The molecule has 3 aromatic carbocycles. The van der Waals surface area contributed by atoms with Crippen molar-refractivity contribution in [1.82, 2.24) is 9.97 Å². The number of carbonyl (C=O) groups excluding carboxylic acids is 1. The number of hydrogen-bond acceptors (Lipinski definition) is 6. The van der Waals surface area contributed by atoms with Crippen LogP contribution in [0.15, 0.2) is 82.4 Å². The number of carbonyl (C=O) groups is 1. The normalized spacial score (nSPS) is 11.1. The summed E-state index contributed by atoms with van der Waals surface area (Å²) < 4.78 is 34.6. The minimum Gasteiger partial charge on any atom is -0.456 e.